The first-order valence-electron chi connectivity index (χ1n) is 9.27. The van der Waals surface area contributed by atoms with Crippen molar-refractivity contribution < 1.29 is 9.53 Å². The quantitative estimate of drug-likeness (QED) is 0.790. The smallest absolute Gasteiger partial charge is 0.240 e. The number of hydrogen-bond acceptors (Lipinski definition) is 5. The topological polar surface area (TPSA) is 61.5 Å². The molecule has 1 fully saturated rings. The number of ether oxygens (including phenoxy) is 1. The van der Waals surface area contributed by atoms with E-state index in [0.717, 1.165) is 24.4 Å². The number of nitrogens with zero attached hydrogens (tertiary/aromatic N) is 3. The molecule has 0 bridgehead atoms. The Morgan fingerprint density at radius 2 is 2.11 bits per heavy atom. The van der Waals surface area contributed by atoms with Crippen molar-refractivity contribution in [2.24, 2.45) is 0 Å². The van der Waals surface area contributed by atoms with Crippen LogP contribution in [0, 0.1) is 0 Å². The molecule has 3 rings (SSSR count). The zero-order valence-corrected chi connectivity index (χ0v) is 17.2. The van der Waals surface area contributed by atoms with E-state index in [1.807, 2.05) is 37.0 Å². The number of benzene rings is 1. The van der Waals surface area contributed by atoms with Gasteiger partial charge in [0.2, 0.25) is 5.91 Å². The largest absolute Gasteiger partial charge is 0.497 e. The first-order valence-corrected chi connectivity index (χ1v) is 10.2. The first-order chi connectivity index (χ1) is 13.0. The van der Waals surface area contributed by atoms with Gasteiger partial charge in [-0.25, -0.2) is 0 Å². The van der Waals surface area contributed by atoms with Crippen LogP contribution in [0.4, 0.5) is 0 Å². The lowest BCUT2D eigenvalue weighted by Crippen LogP contribution is -2.46. The summed E-state index contributed by atoms with van der Waals surface area (Å²) in [5.74, 6) is 1.04. The Bertz CT molecular complexity index is 733. The number of likely N-dealkylation sites (tertiary alicyclic amines) is 1. The number of nitrogens with one attached hydrogen (secondary N) is 1. The third-order valence-electron chi connectivity index (χ3n) is 4.95. The Morgan fingerprint density at radius 3 is 2.70 bits per heavy atom. The SMILES string of the molecule is COc1ccc(S[C@@H]2C[C@@H](C(=O)N(C)Cc3ccn[nH]3)N(C(C)C)C2)cc1. The van der Waals surface area contributed by atoms with E-state index in [2.05, 4.69) is 41.1 Å². The summed E-state index contributed by atoms with van der Waals surface area (Å²) in [6.45, 7) is 5.80. The van der Waals surface area contributed by atoms with Crippen LogP contribution in [0.1, 0.15) is 26.0 Å². The number of aromatic nitrogens is 2. The van der Waals surface area contributed by atoms with Crippen LogP contribution in [0.15, 0.2) is 41.4 Å². The molecule has 27 heavy (non-hydrogen) atoms. The minimum absolute atomic E-state index is 0.0753. The van der Waals surface area contributed by atoms with Gasteiger partial charge in [-0.2, -0.15) is 5.10 Å². The molecule has 1 aliphatic rings. The summed E-state index contributed by atoms with van der Waals surface area (Å²) >= 11 is 1.85. The Hall–Kier alpha value is -1.99. The lowest BCUT2D eigenvalue weighted by atomic mass is 10.1. The first kappa shape index (κ1) is 19.8. The van der Waals surface area contributed by atoms with Gasteiger partial charge in [0.1, 0.15) is 5.75 Å². The average molecular weight is 389 g/mol. The molecular formula is C20H28N4O2S. The fourth-order valence-corrected chi connectivity index (χ4v) is 4.73. The number of likely N-dealkylation sites (N-methyl/N-ethyl adjacent to an activating group) is 1. The molecule has 0 saturated carbocycles. The molecule has 146 valence electrons. The summed E-state index contributed by atoms with van der Waals surface area (Å²) in [7, 11) is 3.54. The van der Waals surface area contributed by atoms with E-state index in [4.69, 9.17) is 4.74 Å². The third kappa shape index (κ3) is 4.84. The van der Waals surface area contributed by atoms with Crippen LogP contribution in [0.5, 0.6) is 5.75 Å². The standard InChI is InChI=1S/C20H28N4O2S/c1-14(2)24-13-18(27-17-7-5-16(26-4)6-8-17)11-19(24)20(25)23(3)12-15-9-10-21-22-15/h5-10,14,18-19H,11-13H2,1-4H3,(H,21,22)/t18-,19+/m1/s1. The van der Waals surface area contributed by atoms with Gasteiger partial charge in [0, 0.05) is 36.0 Å². The van der Waals surface area contributed by atoms with E-state index in [-0.39, 0.29) is 11.9 Å². The van der Waals surface area contributed by atoms with Crippen LogP contribution in [0.2, 0.25) is 0 Å². The van der Waals surface area contributed by atoms with Crippen molar-refractivity contribution in [3.8, 4) is 5.75 Å². The maximum Gasteiger partial charge on any atom is 0.240 e. The van der Waals surface area contributed by atoms with Crippen LogP contribution in [0.3, 0.4) is 0 Å². The third-order valence-corrected chi connectivity index (χ3v) is 6.17. The predicted molar refractivity (Wildman–Crippen MR) is 108 cm³/mol. The van der Waals surface area contributed by atoms with Gasteiger partial charge in [0.05, 0.1) is 25.4 Å². The number of amides is 1. The molecule has 1 saturated heterocycles. The molecule has 2 aromatic rings. The van der Waals surface area contributed by atoms with E-state index < -0.39 is 0 Å². The number of rotatable bonds is 7. The van der Waals surface area contributed by atoms with Crippen molar-refractivity contribution in [3.05, 3.63) is 42.2 Å². The molecule has 6 nitrogen and oxygen atoms in total. The Balaban J connectivity index is 1.65. The highest BCUT2D eigenvalue weighted by molar-refractivity contribution is 8.00. The van der Waals surface area contributed by atoms with Crippen LogP contribution < -0.4 is 4.74 Å². The predicted octanol–water partition coefficient (Wildman–Crippen LogP) is 3.02. The summed E-state index contributed by atoms with van der Waals surface area (Å²) < 4.78 is 5.23. The Labute approximate surface area is 165 Å². The van der Waals surface area contributed by atoms with Crippen LogP contribution in [-0.2, 0) is 11.3 Å². The minimum Gasteiger partial charge on any atom is -0.497 e. The van der Waals surface area contributed by atoms with Crippen molar-refractivity contribution in [1.29, 1.82) is 0 Å². The van der Waals surface area contributed by atoms with E-state index in [9.17, 15) is 4.79 Å². The maximum absolute atomic E-state index is 13.1. The number of aromatic amines is 1. The van der Waals surface area contributed by atoms with E-state index in [1.165, 1.54) is 4.90 Å². The molecule has 2 heterocycles. The normalized spacial score (nSPS) is 20.2. The number of carbonyl (C=O) groups excluding carboxylic acids is 1. The molecule has 2 atom stereocenters. The molecule has 1 aromatic carbocycles. The number of thioether (sulfide) groups is 1. The van der Waals surface area contributed by atoms with Gasteiger partial charge in [-0.3, -0.25) is 14.8 Å². The molecule has 1 N–H and O–H groups in total. The number of H-pyrrole nitrogens is 1. The highest BCUT2D eigenvalue weighted by atomic mass is 32.2. The molecule has 0 aliphatic carbocycles. The van der Waals surface area contributed by atoms with Gasteiger partial charge in [-0.1, -0.05) is 0 Å². The van der Waals surface area contributed by atoms with Crippen LogP contribution in [-0.4, -0.2) is 63.9 Å². The fourth-order valence-electron chi connectivity index (χ4n) is 3.53. The van der Waals surface area contributed by atoms with Gasteiger partial charge in [-0.05, 0) is 50.6 Å². The second-order valence-electron chi connectivity index (χ2n) is 7.23. The van der Waals surface area contributed by atoms with Gasteiger partial charge >= 0.3 is 0 Å². The molecule has 7 heteroatoms. The van der Waals surface area contributed by atoms with Crippen molar-refractivity contribution in [2.45, 2.75) is 49.0 Å². The minimum atomic E-state index is -0.0753. The van der Waals surface area contributed by atoms with E-state index in [0.29, 0.717) is 17.8 Å². The zero-order valence-electron chi connectivity index (χ0n) is 16.4. The van der Waals surface area contributed by atoms with Gasteiger partial charge in [-0.15, -0.1) is 11.8 Å². The summed E-state index contributed by atoms with van der Waals surface area (Å²) in [6, 6.07) is 10.3. The van der Waals surface area contributed by atoms with Gasteiger partial charge in [0.15, 0.2) is 0 Å². The number of hydrogen-bond donors (Lipinski definition) is 1. The Morgan fingerprint density at radius 1 is 1.37 bits per heavy atom. The summed E-state index contributed by atoms with van der Waals surface area (Å²) in [5, 5.41) is 7.29. The monoisotopic (exact) mass is 388 g/mol. The summed E-state index contributed by atoms with van der Waals surface area (Å²) in [4.78, 5) is 18.4. The maximum atomic E-state index is 13.1. The van der Waals surface area contributed by atoms with Crippen molar-refractivity contribution in [3.63, 3.8) is 0 Å². The van der Waals surface area contributed by atoms with Gasteiger partial charge < -0.3 is 9.64 Å². The summed E-state index contributed by atoms with van der Waals surface area (Å²) in [6.07, 6.45) is 2.58. The second-order valence-corrected chi connectivity index (χ2v) is 8.61. The fraction of sp³-hybridized carbons (Fsp3) is 0.500. The van der Waals surface area contributed by atoms with Crippen LogP contribution in [0.25, 0.3) is 0 Å². The molecule has 0 unspecified atom stereocenters. The lowest BCUT2D eigenvalue weighted by Gasteiger charge is -2.30. The van der Waals surface area contributed by atoms with E-state index in [1.54, 1.807) is 18.2 Å². The molecule has 0 radical (unpaired) electrons. The molecule has 1 aliphatic heterocycles. The number of methoxy groups -OCH3 is 1. The molecule has 0 spiro atoms. The Kier molecular flexibility index (Phi) is 6.44. The summed E-state index contributed by atoms with van der Waals surface area (Å²) in [5.41, 5.74) is 0.948. The zero-order chi connectivity index (χ0) is 19.4. The van der Waals surface area contributed by atoms with Crippen molar-refractivity contribution >= 4 is 17.7 Å². The highest BCUT2D eigenvalue weighted by Gasteiger charge is 2.39. The van der Waals surface area contributed by atoms with Crippen LogP contribution >= 0.6 is 11.8 Å². The number of carbonyl (C=O) groups is 1. The van der Waals surface area contributed by atoms with E-state index >= 15 is 0 Å². The average Bonchev–Trinajstić information content (AvgIpc) is 3.31. The molecular weight excluding hydrogens is 360 g/mol. The van der Waals surface area contributed by atoms with Crippen molar-refractivity contribution in [1.82, 2.24) is 20.0 Å². The lowest BCUT2D eigenvalue weighted by molar-refractivity contribution is -0.135. The van der Waals surface area contributed by atoms with Gasteiger partial charge in [0.25, 0.3) is 0 Å². The molecule has 1 amide bonds. The molecule has 1 aromatic heterocycles. The van der Waals surface area contributed by atoms with Crippen molar-refractivity contribution in [2.75, 3.05) is 20.7 Å². The second kappa shape index (κ2) is 8.80. The highest BCUT2D eigenvalue weighted by Crippen LogP contribution is 2.35.